The minimum absolute atomic E-state index is 0.0820. The van der Waals surface area contributed by atoms with Crippen LogP contribution in [0.1, 0.15) is 25.7 Å². The van der Waals surface area contributed by atoms with Crippen LogP contribution in [-0.4, -0.2) is 16.7 Å². The van der Waals surface area contributed by atoms with Gasteiger partial charge in [0.05, 0.1) is 4.92 Å². The summed E-state index contributed by atoms with van der Waals surface area (Å²) in [6.45, 7) is 0. The molecule has 3 atom stereocenters. The van der Waals surface area contributed by atoms with Gasteiger partial charge in [0.15, 0.2) is 0 Å². The number of hydrogen-bond acceptors (Lipinski definition) is 4. The molecule has 0 saturated heterocycles. The van der Waals surface area contributed by atoms with Gasteiger partial charge in [-0.2, -0.15) is 0 Å². The molecule has 1 N–H and O–H groups in total. The number of rotatable bonds is 3. The maximum absolute atomic E-state index is 13.3. The Bertz CT molecular complexity index is 560. The minimum atomic E-state index is -0.513. The van der Waals surface area contributed by atoms with Crippen LogP contribution >= 0.6 is 0 Å². The number of halogens is 1. The fraction of sp³-hybridized carbons (Fsp3) is 0.500. The fourth-order valence-corrected chi connectivity index (χ4v) is 3.50. The molecular formula is C14H15FN2O3. The van der Waals surface area contributed by atoms with Crippen molar-refractivity contribution in [1.29, 1.82) is 0 Å². The van der Waals surface area contributed by atoms with Gasteiger partial charge >= 0.3 is 0 Å². The summed E-state index contributed by atoms with van der Waals surface area (Å²) in [5.41, 5.74) is 0.117. The van der Waals surface area contributed by atoms with E-state index in [2.05, 4.69) is 5.32 Å². The SMILES string of the molecule is O=C1C[C@@H]2C[C@H](Nc3cc(F)ccc3[N+](=O)[O-])C[C@@H]2C1. The highest BCUT2D eigenvalue weighted by molar-refractivity contribution is 5.81. The summed E-state index contributed by atoms with van der Waals surface area (Å²) in [5.74, 6) is 0.585. The lowest BCUT2D eigenvalue weighted by Gasteiger charge is -2.15. The van der Waals surface area contributed by atoms with Crippen molar-refractivity contribution in [2.75, 3.05) is 5.32 Å². The van der Waals surface area contributed by atoms with Gasteiger partial charge in [0.1, 0.15) is 17.3 Å². The van der Waals surface area contributed by atoms with Crippen LogP contribution in [0.15, 0.2) is 18.2 Å². The smallest absolute Gasteiger partial charge is 0.292 e. The highest BCUT2D eigenvalue weighted by Crippen LogP contribution is 2.43. The Morgan fingerprint density at radius 3 is 2.50 bits per heavy atom. The summed E-state index contributed by atoms with van der Waals surface area (Å²) in [5, 5.41) is 14.0. The zero-order chi connectivity index (χ0) is 14.3. The molecule has 6 heteroatoms. The van der Waals surface area contributed by atoms with E-state index in [1.54, 1.807) is 0 Å². The second kappa shape index (κ2) is 4.85. The number of fused-ring (bicyclic) bond motifs is 1. The van der Waals surface area contributed by atoms with E-state index >= 15 is 0 Å². The fourth-order valence-electron chi connectivity index (χ4n) is 3.50. The van der Waals surface area contributed by atoms with E-state index in [4.69, 9.17) is 0 Å². The first-order valence-electron chi connectivity index (χ1n) is 6.75. The van der Waals surface area contributed by atoms with Crippen molar-refractivity contribution in [3.8, 4) is 0 Å². The lowest BCUT2D eigenvalue weighted by atomic mass is 10.0. The third-order valence-corrected chi connectivity index (χ3v) is 4.34. The van der Waals surface area contributed by atoms with Gasteiger partial charge in [-0.1, -0.05) is 0 Å². The summed E-state index contributed by atoms with van der Waals surface area (Å²) < 4.78 is 13.3. The van der Waals surface area contributed by atoms with Crippen LogP contribution in [0.3, 0.4) is 0 Å². The third-order valence-electron chi connectivity index (χ3n) is 4.34. The number of anilines is 1. The van der Waals surface area contributed by atoms with E-state index in [9.17, 15) is 19.3 Å². The van der Waals surface area contributed by atoms with Gasteiger partial charge < -0.3 is 5.32 Å². The summed E-state index contributed by atoms with van der Waals surface area (Å²) in [4.78, 5) is 21.8. The molecule has 0 spiro atoms. The summed E-state index contributed by atoms with van der Waals surface area (Å²) in [7, 11) is 0. The van der Waals surface area contributed by atoms with E-state index in [1.165, 1.54) is 6.07 Å². The third kappa shape index (κ3) is 2.37. The van der Waals surface area contributed by atoms with Crippen molar-refractivity contribution in [2.45, 2.75) is 31.7 Å². The Morgan fingerprint density at radius 1 is 1.25 bits per heavy atom. The molecule has 1 aromatic carbocycles. The predicted octanol–water partition coefficient (Wildman–Crippen LogP) is 2.90. The lowest BCUT2D eigenvalue weighted by molar-refractivity contribution is -0.384. The van der Waals surface area contributed by atoms with Crippen molar-refractivity contribution in [3.63, 3.8) is 0 Å². The molecule has 0 aliphatic heterocycles. The number of nitrogens with one attached hydrogen (secondary N) is 1. The molecule has 0 radical (unpaired) electrons. The van der Waals surface area contributed by atoms with E-state index in [0.29, 0.717) is 30.5 Å². The molecule has 0 heterocycles. The number of carbonyl (C=O) groups excluding carboxylic acids is 1. The number of Topliss-reactive ketones (excluding diaryl/α,β-unsaturated/α-hetero) is 1. The van der Waals surface area contributed by atoms with Crippen molar-refractivity contribution >= 4 is 17.2 Å². The number of hydrogen-bond donors (Lipinski definition) is 1. The first-order valence-corrected chi connectivity index (χ1v) is 6.75. The van der Waals surface area contributed by atoms with E-state index in [0.717, 1.165) is 25.0 Å². The molecule has 0 bridgehead atoms. The molecule has 1 aromatic rings. The number of nitro benzene ring substituents is 1. The van der Waals surface area contributed by atoms with Crippen LogP contribution in [0, 0.1) is 27.8 Å². The summed E-state index contributed by atoms with van der Waals surface area (Å²) in [6, 6.07) is 3.51. The van der Waals surface area contributed by atoms with Gasteiger partial charge in [0.25, 0.3) is 5.69 Å². The average Bonchev–Trinajstić information content (AvgIpc) is 2.85. The molecule has 3 rings (SSSR count). The van der Waals surface area contributed by atoms with Crippen molar-refractivity contribution in [2.24, 2.45) is 11.8 Å². The molecule has 2 saturated carbocycles. The number of benzene rings is 1. The molecule has 2 aliphatic carbocycles. The zero-order valence-electron chi connectivity index (χ0n) is 10.8. The number of nitrogens with zero attached hydrogens (tertiary/aromatic N) is 1. The van der Waals surface area contributed by atoms with Crippen LogP contribution in [0.5, 0.6) is 0 Å². The molecule has 2 fully saturated rings. The maximum atomic E-state index is 13.3. The Morgan fingerprint density at radius 2 is 1.90 bits per heavy atom. The first-order chi connectivity index (χ1) is 9.52. The molecule has 5 nitrogen and oxygen atoms in total. The molecular weight excluding hydrogens is 263 g/mol. The van der Waals surface area contributed by atoms with Gasteiger partial charge in [0.2, 0.25) is 0 Å². The second-order valence-corrected chi connectivity index (χ2v) is 5.70. The molecule has 2 aliphatic rings. The van der Waals surface area contributed by atoms with Gasteiger partial charge in [-0.05, 0) is 30.7 Å². The molecule has 0 amide bonds. The van der Waals surface area contributed by atoms with Crippen LogP contribution < -0.4 is 5.32 Å². The minimum Gasteiger partial charge on any atom is -0.377 e. The lowest BCUT2D eigenvalue weighted by Crippen LogP contribution is -2.18. The van der Waals surface area contributed by atoms with Gasteiger partial charge in [0, 0.05) is 31.0 Å². The zero-order valence-corrected chi connectivity index (χ0v) is 10.8. The van der Waals surface area contributed by atoms with Crippen molar-refractivity contribution < 1.29 is 14.1 Å². The standard InChI is InChI=1S/C14H15FN2O3/c15-10-1-2-14(17(19)20)13(7-10)16-11-3-8-5-12(18)6-9(8)4-11/h1-2,7-9,11,16H,3-6H2/t8-,9+,11-. The first kappa shape index (κ1) is 13.0. The maximum Gasteiger partial charge on any atom is 0.292 e. The topological polar surface area (TPSA) is 72.2 Å². The van der Waals surface area contributed by atoms with E-state index < -0.39 is 10.7 Å². The number of carbonyl (C=O) groups is 1. The Hall–Kier alpha value is -1.98. The van der Waals surface area contributed by atoms with Gasteiger partial charge in [-0.3, -0.25) is 14.9 Å². The van der Waals surface area contributed by atoms with E-state index in [1.807, 2.05) is 0 Å². The second-order valence-electron chi connectivity index (χ2n) is 5.70. The largest absolute Gasteiger partial charge is 0.377 e. The molecule has 106 valence electrons. The molecule has 0 unspecified atom stereocenters. The average molecular weight is 278 g/mol. The van der Waals surface area contributed by atoms with Gasteiger partial charge in [-0.15, -0.1) is 0 Å². The van der Waals surface area contributed by atoms with Crippen molar-refractivity contribution in [1.82, 2.24) is 0 Å². The quantitative estimate of drug-likeness (QED) is 0.681. The van der Waals surface area contributed by atoms with Gasteiger partial charge in [-0.25, -0.2) is 4.39 Å². The monoisotopic (exact) mass is 278 g/mol. The van der Waals surface area contributed by atoms with E-state index in [-0.39, 0.29) is 17.4 Å². The molecule has 20 heavy (non-hydrogen) atoms. The van der Waals surface area contributed by atoms with Crippen molar-refractivity contribution in [3.05, 3.63) is 34.1 Å². The Labute approximate surface area is 115 Å². The predicted molar refractivity (Wildman–Crippen MR) is 70.9 cm³/mol. The number of nitro groups is 1. The van der Waals surface area contributed by atoms with Crippen LogP contribution in [-0.2, 0) is 4.79 Å². The Balaban J connectivity index is 1.74. The highest BCUT2D eigenvalue weighted by Gasteiger charge is 2.41. The van der Waals surface area contributed by atoms with Crippen LogP contribution in [0.4, 0.5) is 15.8 Å². The number of ketones is 1. The molecule has 0 aromatic heterocycles. The van der Waals surface area contributed by atoms with Crippen LogP contribution in [0.2, 0.25) is 0 Å². The summed E-state index contributed by atoms with van der Waals surface area (Å²) in [6.07, 6.45) is 2.89. The normalized spacial score (nSPS) is 28.4. The van der Waals surface area contributed by atoms with Crippen LogP contribution in [0.25, 0.3) is 0 Å². The Kier molecular flexibility index (Phi) is 3.16. The summed E-state index contributed by atoms with van der Waals surface area (Å²) >= 11 is 0. The highest BCUT2D eigenvalue weighted by atomic mass is 19.1.